The highest BCUT2D eigenvalue weighted by molar-refractivity contribution is 5.85. The molecule has 1 aliphatic rings. The van der Waals surface area contributed by atoms with Crippen LogP contribution in [0, 0.1) is 5.92 Å². The second-order valence-electron chi connectivity index (χ2n) is 5.79. The molecule has 0 spiro atoms. The predicted octanol–water partition coefficient (Wildman–Crippen LogP) is 1.74. The number of amides is 1. The van der Waals surface area contributed by atoms with Gasteiger partial charge in [-0.3, -0.25) is 9.69 Å². The van der Waals surface area contributed by atoms with Crippen molar-refractivity contribution < 1.29 is 4.79 Å². The fourth-order valence-corrected chi connectivity index (χ4v) is 2.61. The molecule has 4 nitrogen and oxygen atoms in total. The largest absolute Gasteiger partial charge is 0.340 e. The Morgan fingerprint density at radius 1 is 1.29 bits per heavy atom. The van der Waals surface area contributed by atoms with Crippen molar-refractivity contribution in [3.8, 4) is 0 Å². The smallest absolute Gasteiger partial charge is 0.236 e. The number of nitrogens with two attached hydrogens (primary N) is 1. The van der Waals surface area contributed by atoms with Crippen LogP contribution in [0.2, 0.25) is 0 Å². The zero-order valence-corrected chi connectivity index (χ0v) is 13.7. The highest BCUT2D eigenvalue weighted by Gasteiger charge is 2.33. The van der Waals surface area contributed by atoms with Crippen molar-refractivity contribution in [3.63, 3.8) is 0 Å². The molecule has 1 amide bonds. The summed E-state index contributed by atoms with van der Waals surface area (Å²) in [4.78, 5) is 16.2. The van der Waals surface area contributed by atoms with Gasteiger partial charge in [0.1, 0.15) is 0 Å². The highest BCUT2D eigenvalue weighted by atomic mass is 35.5. The quantitative estimate of drug-likeness (QED) is 0.834. The summed E-state index contributed by atoms with van der Waals surface area (Å²) in [5, 5.41) is 0. The number of hydrogen-bond acceptors (Lipinski definition) is 3. The van der Waals surface area contributed by atoms with E-state index in [0.717, 1.165) is 5.56 Å². The summed E-state index contributed by atoms with van der Waals surface area (Å²) in [6.07, 6.45) is 2.50. The van der Waals surface area contributed by atoms with E-state index in [1.165, 1.54) is 12.8 Å². The number of carbonyl (C=O) groups is 1. The van der Waals surface area contributed by atoms with Gasteiger partial charge >= 0.3 is 0 Å². The number of carbonyl (C=O) groups excluding carboxylic acids is 1. The van der Waals surface area contributed by atoms with Gasteiger partial charge in [-0.05, 0) is 31.4 Å². The molecule has 0 saturated heterocycles. The van der Waals surface area contributed by atoms with Gasteiger partial charge in [0.2, 0.25) is 5.91 Å². The van der Waals surface area contributed by atoms with E-state index in [2.05, 4.69) is 4.90 Å². The average Bonchev–Trinajstić information content (AvgIpc) is 3.25. The lowest BCUT2D eigenvalue weighted by Gasteiger charge is -2.28. The molecule has 0 heterocycles. The molecule has 118 valence electrons. The molecule has 1 aromatic carbocycles. The zero-order chi connectivity index (χ0) is 14.5. The standard InChI is InChI=1S/C16H25N3O.ClH/c1-18(15(10-17)14-8-9-14)12-16(20)19(2)11-13-6-4-3-5-7-13;/h3-7,14-15H,8-12,17H2,1-2H3;1H. The monoisotopic (exact) mass is 311 g/mol. The number of benzene rings is 1. The van der Waals surface area contributed by atoms with Crippen LogP contribution in [0.15, 0.2) is 30.3 Å². The normalized spacial score (nSPS) is 15.4. The van der Waals surface area contributed by atoms with Crippen molar-refractivity contribution in [1.82, 2.24) is 9.80 Å². The molecule has 0 bridgehead atoms. The van der Waals surface area contributed by atoms with Crippen LogP contribution in [-0.2, 0) is 11.3 Å². The molecular formula is C16H26ClN3O. The third-order valence-electron chi connectivity index (χ3n) is 4.05. The van der Waals surface area contributed by atoms with Crippen molar-refractivity contribution in [1.29, 1.82) is 0 Å². The van der Waals surface area contributed by atoms with Gasteiger partial charge in [0.15, 0.2) is 0 Å². The summed E-state index contributed by atoms with van der Waals surface area (Å²) >= 11 is 0. The molecule has 2 rings (SSSR count). The summed E-state index contributed by atoms with van der Waals surface area (Å²) in [5.41, 5.74) is 6.98. The first-order valence-corrected chi connectivity index (χ1v) is 7.30. The molecule has 1 aromatic rings. The summed E-state index contributed by atoms with van der Waals surface area (Å²) < 4.78 is 0. The maximum Gasteiger partial charge on any atom is 0.236 e. The third kappa shape index (κ3) is 5.30. The van der Waals surface area contributed by atoms with Crippen molar-refractivity contribution >= 4 is 18.3 Å². The molecule has 0 aromatic heterocycles. The van der Waals surface area contributed by atoms with E-state index in [1.54, 1.807) is 4.90 Å². The fraction of sp³-hybridized carbons (Fsp3) is 0.562. The molecule has 1 saturated carbocycles. The zero-order valence-electron chi connectivity index (χ0n) is 12.9. The molecule has 0 aliphatic heterocycles. The second-order valence-corrected chi connectivity index (χ2v) is 5.79. The Balaban J connectivity index is 0.00000220. The third-order valence-corrected chi connectivity index (χ3v) is 4.05. The first kappa shape index (κ1) is 18.0. The lowest BCUT2D eigenvalue weighted by atomic mass is 10.1. The second kappa shape index (κ2) is 8.37. The number of likely N-dealkylation sites (N-methyl/N-ethyl adjacent to an activating group) is 2. The van der Waals surface area contributed by atoms with E-state index in [1.807, 2.05) is 44.4 Å². The number of nitrogens with zero attached hydrogens (tertiary/aromatic N) is 2. The molecule has 0 radical (unpaired) electrons. The van der Waals surface area contributed by atoms with Crippen molar-refractivity contribution in [2.75, 3.05) is 27.2 Å². The number of halogens is 1. The van der Waals surface area contributed by atoms with Crippen molar-refractivity contribution in [3.05, 3.63) is 35.9 Å². The van der Waals surface area contributed by atoms with Crippen molar-refractivity contribution in [2.24, 2.45) is 11.7 Å². The van der Waals surface area contributed by atoms with Gasteiger partial charge in [0, 0.05) is 26.2 Å². The van der Waals surface area contributed by atoms with Crippen molar-refractivity contribution in [2.45, 2.75) is 25.4 Å². The van der Waals surface area contributed by atoms with Crippen LogP contribution in [0.4, 0.5) is 0 Å². The molecule has 1 unspecified atom stereocenters. The number of rotatable bonds is 7. The minimum Gasteiger partial charge on any atom is -0.340 e. The Hall–Kier alpha value is -1.10. The molecule has 2 N–H and O–H groups in total. The van der Waals surface area contributed by atoms with Crippen LogP contribution < -0.4 is 5.73 Å². The highest BCUT2D eigenvalue weighted by Crippen LogP contribution is 2.34. The maximum absolute atomic E-state index is 12.3. The van der Waals surface area contributed by atoms with Crippen LogP contribution in [0.25, 0.3) is 0 Å². The van der Waals surface area contributed by atoms with E-state index in [4.69, 9.17) is 5.73 Å². The first-order valence-electron chi connectivity index (χ1n) is 7.30. The van der Waals surface area contributed by atoms with Crippen LogP contribution in [0.1, 0.15) is 18.4 Å². The summed E-state index contributed by atoms with van der Waals surface area (Å²) in [5.74, 6) is 0.840. The predicted molar refractivity (Wildman–Crippen MR) is 88.4 cm³/mol. The van der Waals surface area contributed by atoms with Gasteiger partial charge < -0.3 is 10.6 Å². The average molecular weight is 312 g/mol. The van der Waals surface area contributed by atoms with Gasteiger partial charge in [-0.25, -0.2) is 0 Å². The molecule has 5 heteroatoms. The van der Waals surface area contributed by atoms with E-state index in [0.29, 0.717) is 31.6 Å². The number of hydrogen-bond donors (Lipinski definition) is 1. The van der Waals surface area contributed by atoms with E-state index >= 15 is 0 Å². The topological polar surface area (TPSA) is 49.6 Å². The van der Waals surface area contributed by atoms with Gasteiger partial charge in [0.05, 0.1) is 6.54 Å². The van der Waals surface area contributed by atoms with Gasteiger partial charge in [-0.15, -0.1) is 12.4 Å². The Labute approximate surface area is 133 Å². The van der Waals surface area contributed by atoms with E-state index < -0.39 is 0 Å². The Kier molecular flexibility index (Phi) is 7.15. The van der Waals surface area contributed by atoms with E-state index in [-0.39, 0.29) is 18.3 Å². The molecule has 1 fully saturated rings. The van der Waals surface area contributed by atoms with Crippen LogP contribution in [0.5, 0.6) is 0 Å². The Morgan fingerprint density at radius 3 is 2.43 bits per heavy atom. The molecule has 1 aliphatic carbocycles. The Morgan fingerprint density at radius 2 is 1.90 bits per heavy atom. The van der Waals surface area contributed by atoms with Crippen LogP contribution >= 0.6 is 12.4 Å². The minimum atomic E-state index is 0. The summed E-state index contributed by atoms with van der Waals surface area (Å²) in [7, 11) is 3.86. The van der Waals surface area contributed by atoms with Gasteiger partial charge in [-0.2, -0.15) is 0 Å². The van der Waals surface area contributed by atoms with Gasteiger partial charge in [0.25, 0.3) is 0 Å². The van der Waals surface area contributed by atoms with E-state index in [9.17, 15) is 4.79 Å². The minimum absolute atomic E-state index is 0. The molecular weight excluding hydrogens is 286 g/mol. The molecule has 1 atom stereocenters. The van der Waals surface area contributed by atoms with Crippen LogP contribution in [0.3, 0.4) is 0 Å². The lowest BCUT2D eigenvalue weighted by molar-refractivity contribution is -0.131. The lowest BCUT2D eigenvalue weighted by Crippen LogP contribution is -2.45. The first-order chi connectivity index (χ1) is 9.61. The summed E-state index contributed by atoms with van der Waals surface area (Å²) in [6, 6.07) is 10.4. The summed E-state index contributed by atoms with van der Waals surface area (Å²) in [6.45, 7) is 1.74. The maximum atomic E-state index is 12.3. The van der Waals surface area contributed by atoms with Crippen LogP contribution in [-0.4, -0.2) is 48.9 Å². The Bertz CT molecular complexity index is 436. The molecule has 21 heavy (non-hydrogen) atoms. The fourth-order valence-electron chi connectivity index (χ4n) is 2.61. The SMILES string of the molecule is CN(Cc1ccccc1)C(=O)CN(C)C(CN)C1CC1.Cl. The van der Waals surface area contributed by atoms with Gasteiger partial charge in [-0.1, -0.05) is 30.3 Å².